The molecular formula is C16H15FO3. The van der Waals surface area contributed by atoms with Crippen LogP contribution in [0.3, 0.4) is 0 Å². The zero-order chi connectivity index (χ0) is 14.7. The molecule has 0 atom stereocenters. The van der Waals surface area contributed by atoms with Crippen molar-refractivity contribution in [2.45, 2.75) is 6.92 Å². The lowest BCUT2D eigenvalue weighted by Crippen LogP contribution is -2.05. The minimum Gasteiger partial charge on any atom is -0.496 e. The van der Waals surface area contributed by atoms with Crippen LogP contribution >= 0.6 is 0 Å². The third-order valence-electron chi connectivity index (χ3n) is 3.08. The highest BCUT2D eigenvalue weighted by molar-refractivity contribution is 6.11. The van der Waals surface area contributed by atoms with E-state index in [0.29, 0.717) is 17.1 Å². The van der Waals surface area contributed by atoms with E-state index in [0.717, 1.165) is 5.56 Å². The van der Waals surface area contributed by atoms with Crippen molar-refractivity contribution in [3.05, 3.63) is 58.9 Å². The molecule has 0 amide bonds. The number of hydrogen-bond acceptors (Lipinski definition) is 3. The Labute approximate surface area is 117 Å². The van der Waals surface area contributed by atoms with E-state index in [-0.39, 0.29) is 11.3 Å². The van der Waals surface area contributed by atoms with E-state index >= 15 is 0 Å². The number of carbonyl (C=O) groups excluding carboxylic acids is 1. The van der Waals surface area contributed by atoms with Crippen molar-refractivity contribution in [3.8, 4) is 11.5 Å². The predicted octanol–water partition coefficient (Wildman–Crippen LogP) is 3.38. The second-order valence-corrected chi connectivity index (χ2v) is 4.36. The quantitative estimate of drug-likeness (QED) is 0.802. The van der Waals surface area contributed by atoms with E-state index < -0.39 is 5.82 Å². The number of ketones is 1. The molecule has 2 rings (SSSR count). The number of methoxy groups -OCH3 is 2. The molecule has 0 heterocycles. The Bertz CT molecular complexity index is 650. The number of halogens is 1. The SMILES string of the molecule is COc1cc(C(=O)c2cc(F)ccc2OC)ccc1C. The number of benzene rings is 2. The largest absolute Gasteiger partial charge is 0.496 e. The highest BCUT2D eigenvalue weighted by Crippen LogP contribution is 2.25. The van der Waals surface area contributed by atoms with E-state index in [1.807, 2.05) is 6.92 Å². The Balaban J connectivity index is 2.48. The van der Waals surface area contributed by atoms with Crippen LogP contribution < -0.4 is 9.47 Å². The molecule has 104 valence electrons. The van der Waals surface area contributed by atoms with Crippen LogP contribution in [0.4, 0.5) is 4.39 Å². The first-order chi connectivity index (χ1) is 9.56. The van der Waals surface area contributed by atoms with E-state index in [4.69, 9.17) is 9.47 Å². The van der Waals surface area contributed by atoms with Crippen LogP contribution in [0.25, 0.3) is 0 Å². The molecule has 4 heteroatoms. The van der Waals surface area contributed by atoms with E-state index in [1.165, 1.54) is 25.3 Å². The highest BCUT2D eigenvalue weighted by atomic mass is 19.1. The lowest BCUT2D eigenvalue weighted by molar-refractivity contribution is 0.103. The fraction of sp³-hybridized carbons (Fsp3) is 0.188. The lowest BCUT2D eigenvalue weighted by atomic mass is 10.0. The van der Waals surface area contributed by atoms with Gasteiger partial charge in [0.25, 0.3) is 0 Å². The van der Waals surface area contributed by atoms with Crippen molar-refractivity contribution in [2.75, 3.05) is 14.2 Å². The Morgan fingerprint density at radius 1 is 1.00 bits per heavy atom. The van der Waals surface area contributed by atoms with Gasteiger partial charge in [-0.3, -0.25) is 4.79 Å². The minimum atomic E-state index is -0.478. The molecule has 0 radical (unpaired) electrons. The fourth-order valence-corrected chi connectivity index (χ4v) is 1.97. The molecule has 2 aromatic carbocycles. The van der Waals surface area contributed by atoms with Crippen LogP contribution in [0.1, 0.15) is 21.5 Å². The summed E-state index contributed by atoms with van der Waals surface area (Å²) in [7, 11) is 2.99. The predicted molar refractivity (Wildman–Crippen MR) is 74.1 cm³/mol. The van der Waals surface area contributed by atoms with Gasteiger partial charge in [0.1, 0.15) is 17.3 Å². The van der Waals surface area contributed by atoms with Crippen LogP contribution in [-0.4, -0.2) is 20.0 Å². The molecule has 20 heavy (non-hydrogen) atoms. The van der Waals surface area contributed by atoms with E-state index in [9.17, 15) is 9.18 Å². The van der Waals surface area contributed by atoms with Gasteiger partial charge in [-0.15, -0.1) is 0 Å². The summed E-state index contributed by atoms with van der Waals surface area (Å²) >= 11 is 0. The topological polar surface area (TPSA) is 35.5 Å². The first-order valence-corrected chi connectivity index (χ1v) is 6.09. The first-order valence-electron chi connectivity index (χ1n) is 6.09. The van der Waals surface area contributed by atoms with Gasteiger partial charge in [-0.1, -0.05) is 12.1 Å². The van der Waals surface area contributed by atoms with Crippen LogP contribution in [0.15, 0.2) is 36.4 Å². The summed E-state index contributed by atoms with van der Waals surface area (Å²) in [5, 5.41) is 0. The van der Waals surface area contributed by atoms with Crippen molar-refractivity contribution in [1.29, 1.82) is 0 Å². The molecule has 0 bridgehead atoms. The summed E-state index contributed by atoms with van der Waals surface area (Å²) in [6.45, 7) is 1.88. The summed E-state index contributed by atoms with van der Waals surface area (Å²) in [6, 6.07) is 8.98. The van der Waals surface area contributed by atoms with Crippen LogP contribution in [-0.2, 0) is 0 Å². The fourth-order valence-electron chi connectivity index (χ4n) is 1.97. The van der Waals surface area contributed by atoms with Crippen molar-refractivity contribution >= 4 is 5.78 Å². The molecular weight excluding hydrogens is 259 g/mol. The third kappa shape index (κ3) is 2.64. The molecule has 0 saturated heterocycles. The number of ether oxygens (including phenoxy) is 2. The van der Waals surface area contributed by atoms with Gasteiger partial charge in [-0.25, -0.2) is 4.39 Å². The van der Waals surface area contributed by atoms with Gasteiger partial charge in [-0.05, 0) is 36.8 Å². The van der Waals surface area contributed by atoms with Crippen molar-refractivity contribution in [2.24, 2.45) is 0 Å². The molecule has 0 aromatic heterocycles. The Morgan fingerprint density at radius 2 is 1.70 bits per heavy atom. The molecule has 0 unspecified atom stereocenters. The molecule has 0 N–H and O–H groups in total. The van der Waals surface area contributed by atoms with Gasteiger partial charge in [-0.2, -0.15) is 0 Å². The van der Waals surface area contributed by atoms with Gasteiger partial charge in [0.05, 0.1) is 19.8 Å². The van der Waals surface area contributed by atoms with Gasteiger partial charge in [0.15, 0.2) is 5.78 Å². The summed E-state index contributed by atoms with van der Waals surface area (Å²) in [5.41, 5.74) is 1.55. The summed E-state index contributed by atoms with van der Waals surface area (Å²) in [4.78, 5) is 12.5. The molecule has 0 aliphatic carbocycles. The molecule has 0 spiro atoms. The van der Waals surface area contributed by atoms with Gasteiger partial charge in [0.2, 0.25) is 0 Å². The lowest BCUT2D eigenvalue weighted by Gasteiger charge is -2.10. The standard InChI is InChI=1S/C16H15FO3/c1-10-4-5-11(8-15(10)20-3)16(18)13-9-12(17)6-7-14(13)19-2/h4-9H,1-3H3. The smallest absolute Gasteiger partial charge is 0.196 e. The van der Waals surface area contributed by atoms with Crippen LogP contribution in [0, 0.1) is 12.7 Å². The van der Waals surface area contributed by atoms with Crippen molar-refractivity contribution in [3.63, 3.8) is 0 Å². The third-order valence-corrected chi connectivity index (χ3v) is 3.08. The van der Waals surface area contributed by atoms with Crippen LogP contribution in [0.2, 0.25) is 0 Å². The average molecular weight is 274 g/mol. The molecule has 2 aromatic rings. The normalized spacial score (nSPS) is 10.2. The highest BCUT2D eigenvalue weighted by Gasteiger charge is 2.16. The number of hydrogen-bond donors (Lipinski definition) is 0. The van der Waals surface area contributed by atoms with Gasteiger partial charge in [0, 0.05) is 5.56 Å². The summed E-state index contributed by atoms with van der Waals surface area (Å²) < 4.78 is 23.6. The number of aryl methyl sites for hydroxylation is 1. The monoisotopic (exact) mass is 274 g/mol. The zero-order valence-electron chi connectivity index (χ0n) is 11.6. The molecule has 0 fully saturated rings. The maximum absolute atomic E-state index is 13.3. The Kier molecular flexibility index (Phi) is 4.03. The van der Waals surface area contributed by atoms with E-state index in [1.54, 1.807) is 25.3 Å². The molecule has 0 aliphatic heterocycles. The first kappa shape index (κ1) is 14.1. The van der Waals surface area contributed by atoms with Crippen LogP contribution in [0.5, 0.6) is 11.5 Å². The van der Waals surface area contributed by atoms with Crippen molar-refractivity contribution < 1.29 is 18.7 Å². The Morgan fingerprint density at radius 3 is 2.35 bits per heavy atom. The molecule has 0 saturated carbocycles. The Hall–Kier alpha value is -2.36. The minimum absolute atomic E-state index is 0.193. The second kappa shape index (κ2) is 5.74. The second-order valence-electron chi connectivity index (χ2n) is 4.36. The van der Waals surface area contributed by atoms with Crippen molar-refractivity contribution in [1.82, 2.24) is 0 Å². The maximum Gasteiger partial charge on any atom is 0.196 e. The summed E-state index contributed by atoms with van der Waals surface area (Å²) in [5.74, 6) is 0.176. The number of rotatable bonds is 4. The molecule has 3 nitrogen and oxygen atoms in total. The maximum atomic E-state index is 13.3. The summed E-state index contributed by atoms with van der Waals surface area (Å²) in [6.07, 6.45) is 0. The van der Waals surface area contributed by atoms with Gasteiger partial charge >= 0.3 is 0 Å². The molecule has 0 aliphatic rings. The average Bonchev–Trinajstić information content (AvgIpc) is 2.47. The van der Waals surface area contributed by atoms with E-state index in [2.05, 4.69) is 0 Å². The van der Waals surface area contributed by atoms with Gasteiger partial charge < -0.3 is 9.47 Å². The number of carbonyl (C=O) groups is 1. The zero-order valence-corrected chi connectivity index (χ0v) is 11.6.